The quantitative estimate of drug-likeness (QED) is 0.335. The Kier molecular flexibility index (Phi) is 7.79. The maximum atomic E-state index is 15.3. The lowest BCUT2D eigenvalue weighted by atomic mass is 9.82. The summed E-state index contributed by atoms with van der Waals surface area (Å²) in [6.45, 7) is 2.58. The third-order valence-electron chi connectivity index (χ3n) is 6.82. The van der Waals surface area contributed by atoms with Crippen LogP contribution in [0.5, 0.6) is 5.75 Å². The van der Waals surface area contributed by atoms with Gasteiger partial charge >= 0.3 is 0 Å². The molecule has 0 amide bonds. The Morgan fingerprint density at radius 1 is 0.909 bits per heavy atom. The van der Waals surface area contributed by atoms with Gasteiger partial charge in [-0.25, -0.2) is 4.39 Å². The Bertz CT molecular complexity index is 1010. The minimum Gasteiger partial charge on any atom is -0.488 e. The van der Waals surface area contributed by atoms with Crippen molar-refractivity contribution in [3.63, 3.8) is 0 Å². The van der Waals surface area contributed by atoms with E-state index in [-0.39, 0.29) is 34.5 Å². The summed E-state index contributed by atoms with van der Waals surface area (Å²) in [6.07, 6.45) is 11.9. The topological polar surface area (TPSA) is 55.4 Å². The van der Waals surface area contributed by atoms with E-state index in [9.17, 15) is 9.59 Å². The Labute approximate surface area is 195 Å². The molecule has 2 aliphatic rings. The van der Waals surface area contributed by atoms with Crippen LogP contribution in [0.25, 0.3) is 0 Å². The molecule has 0 saturated heterocycles. The lowest BCUT2D eigenvalue weighted by molar-refractivity contribution is 0.0978. The predicted molar refractivity (Wildman–Crippen MR) is 129 cm³/mol. The van der Waals surface area contributed by atoms with E-state index in [4.69, 9.17) is 4.74 Å². The van der Waals surface area contributed by atoms with Crippen LogP contribution in [0.1, 0.15) is 109 Å². The van der Waals surface area contributed by atoms with E-state index in [2.05, 4.69) is 12.2 Å². The van der Waals surface area contributed by atoms with Gasteiger partial charge < -0.3 is 10.1 Å². The Hall–Kier alpha value is -2.69. The average Bonchev–Trinajstić information content (AvgIpc) is 2.84. The SMILES string of the molecule is CCCCCCCCOc1c(F)cc2c(c1NC1CCCCC1)C(=O)c1ccccc1C2=O. The van der Waals surface area contributed by atoms with Crippen LogP contribution < -0.4 is 10.1 Å². The van der Waals surface area contributed by atoms with E-state index in [1.165, 1.54) is 31.7 Å². The van der Waals surface area contributed by atoms with Gasteiger partial charge in [0.05, 0.1) is 17.9 Å². The summed E-state index contributed by atoms with van der Waals surface area (Å²) in [6, 6.07) is 8.11. The monoisotopic (exact) mass is 451 g/mol. The van der Waals surface area contributed by atoms with E-state index in [1.54, 1.807) is 24.3 Å². The van der Waals surface area contributed by atoms with Gasteiger partial charge in [0.15, 0.2) is 23.1 Å². The zero-order chi connectivity index (χ0) is 23.2. The molecule has 1 saturated carbocycles. The van der Waals surface area contributed by atoms with Gasteiger partial charge in [-0.05, 0) is 25.3 Å². The average molecular weight is 452 g/mol. The molecule has 2 aliphatic carbocycles. The van der Waals surface area contributed by atoms with E-state index in [0.29, 0.717) is 23.4 Å². The number of hydrogen-bond acceptors (Lipinski definition) is 4. The molecule has 0 heterocycles. The number of benzene rings is 2. The minimum atomic E-state index is -0.585. The molecule has 0 atom stereocenters. The summed E-state index contributed by atoms with van der Waals surface area (Å²) in [5, 5.41) is 3.43. The van der Waals surface area contributed by atoms with Gasteiger partial charge in [0.25, 0.3) is 0 Å². The maximum Gasteiger partial charge on any atom is 0.196 e. The van der Waals surface area contributed by atoms with Gasteiger partial charge in [0.1, 0.15) is 0 Å². The summed E-state index contributed by atoms with van der Waals surface area (Å²) in [7, 11) is 0. The fourth-order valence-corrected chi connectivity index (χ4v) is 4.99. The number of unbranched alkanes of at least 4 members (excludes halogenated alkanes) is 5. The van der Waals surface area contributed by atoms with E-state index in [1.807, 2.05) is 0 Å². The Morgan fingerprint density at radius 2 is 1.58 bits per heavy atom. The van der Waals surface area contributed by atoms with Crippen molar-refractivity contribution in [1.29, 1.82) is 0 Å². The molecule has 2 aromatic rings. The molecule has 0 radical (unpaired) electrons. The normalized spacial score (nSPS) is 15.8. The Morgan fingerprint density at radius 3 is 2.30 bits per heavy atom. The molecule has 0 aliphatic heterocycles. The lowest BCUT2D eigenvalue weighted by Gasteiger charge is -2.29. The molecule has 2 aromatic carbocycles. The standard InChI is InChI=1S/C28H34FNO3/c1-2-3-4-5-6-12-17-33-28-23(29)18-22-24(25(28)30-19-13-8-7-9-14-19)27(32)21-16-11-10-15-20(21)26(22)31/h10-11,15-16,18-19,30H,2-9,12-14,17H2,1H3. The first-order valence-corrected chi connectivity index (χ1v) is 12.6. The number of carbonyl (C=O) groups excluding carboxylic acids is 2. The van der Waals surface area contributed by atoms with Crippen LogP contribution in [0, 0.1) is 5.82 Å². The zero-order valence-corrected chi connectivity index (χ0v) is 19.6. The van der Waals surface area contributed by atoms with E-state index < -0.39 is 5.82 Å². The number of rotatable bonds is 10. The molecule has 0 unspecified atom stereocenters. The van der Waals surface area contributed by atoms with Crippen LogP contribution >= 0.6 is 0 Å². The van der Waals surface area contributed by atoms with Crippen molar-refractivity contribution < 1.29 is 18.7 Å². The smallest absolute Gasteiger partial charge is 0.196 e. The second-order valence-electron chi connectivity index (χ2n) is 9.28. The molecule has 0 aromatic heterocycles. The highest BCUT2D eigenvalue weighted by Crippen LogP contribution is 2.41. The first-order chi connectivity index (χ1) is 16.1. The van der Waals surface area contributed by atoms with Gasteiger partial charge in [0, 0.05) is 22.7 Å². The molecule has 4 rings (SSSR count). The van der Waals surface area contributed by atoms with Crippen LogP contribution in [0.2, 0.25) is 0 Å². The molecule has 5 heteroatoms. The number of carbonyl (C=O) groups is 2. The van der Waals surface area contributed by atoms with Crippen molar-refractivity contribution in [2.45, 2.75) is 83.6 Å². The van der Waals surface area contributed by atoms with Gasteiger partial charge in [-0.3, -0.25) is 9.59 Å². The van der Waals surface area contributed by atoms with Gasteiger partial charge in [0.2, 0.25) is 0 Å². The second-order valence-corrected chi connectivity index (χ2v) is 9.28. The number of hydrogen-bond donors (Lipinski definition) is 1. The van der Waals surface area contributed by atoms with Crippen LogP contribution in [-0.4, -0.2) is 24.2 Å². The Balaban J connectivity index is 1.64. The van der Waals surface area contributed by atoms with Crippen molar-refractivity contribution in [2.24, 2.45) is 0 Å². The largest absolute Gasteiger partial charge is 0.488 e. The first-order valence-electron chi connectivity index (χ1n) is 12.6. The predicted octanol–water partition coefficient (Wildman–Crippen LogP) is 7.09. The van der Waals surface area contributed by atoms with Crippen molar-refractivity contribution >= 4 is 17.3 Å². The van der Waals surface area contributed by atoms with E-state index in [0.717, 1.165) is 44.9 Å². The summed E-state index contributed by atoms with van der Waals surface area (Å²) in [4.78, 5) is 26.6. The molecule has 1 fully saturated rings. The summed E-state index contributed by atoms with van der Waals surface area (Å²) < 4.78 is 21.3. The highest BCUT2D eigenvalue weighted by Gasteiger charge is 2.35. The first kappa shape index (κ1) is 23.5. The van der Waals surface area contributed by atoms with Crippen LogP contribution in [0.3, 0.4) is 0 Å². The van der Waals surface area contributed by atoms with Gasteiger partial charge in [-0.15, -0.1) is 0 Å². The lowest BCUT2D eigenvalue weighted by Crippen LogP contribution is -2.28. The fraction of sp³-hybridized carbons (Fsp3) is 0.500. The fourth-order valence-electron chi connectivity index (χ4n) is 4.99. The molecule has 0 spiro atoms. The maximum absolute atomic E-state index is 15.3. The number of halogens is 1. The van der Waals surface area contributed by atoms with Crippen molar-refractivity contribution in [3.05, 3.63) is 58.4 Å². The third kappa shape index (κ3) is 5.13. The number of ketones is 2. The molecule has 0 bridgehead atoms. The van der Waals surface area contributed by atoms with Crippen LogP contribution in [0.15, 0.2) is 30.3 Å². The third-order valence-corrected chi connectivity index (χ3v) is 6.82. The zero-order valence-electron chi connectivity index (χ0n) is 19.6. The van der Waals surface area contributed by atoms with Crippen LogP contribution in [-0.2, 0) is 0 Å². The summed E-state index contributed by atoms with van der Waals surface area (Å²) in [5.41, 5.74) is 1.44. The summed E-state index contributed by atoms with van der Waals surface area (Å²) in [5.74, 6) is -1.07. The highest BCUT2D eigenvalue weighted by atomic mass is 19.1. The minimum absolute atomic E-state index is 0.0772. The second kappa shape index (κ2) is 11.0. The molecular formula is C28H34FNO3. The molecule has 176 valence electrons. The van der Waals surface area contributed by atoms with E-state index >= 15 is 4.39 Å². The van der Waals surface area contributed by atoms with Gasteiger partial charge in [-0.2, -0.15) is 0 Å². The van der Waals surface area contributed by atoms with Crippen molar-refractivity contribution in [1.82, 2.24) is 0 Å². The number of anilines is 1. The molecular weight excluding hydrogens is 417 g/mol. The number of ether oxygens (including phenoxy) is 1. The number of fused-ring (bicyclic) bond motifs is 2. The summed E-state index contributed by atoms with van der Waals surface area (Å²) >= 11 is 0. The van der Waals surface area contributed by atoms with Crippen molar-refractivity contribution in [2.75, 3.05) is 11.9 Å². The molecule has 4 nitrogen and oxygen atoms in total. The number of nitrogens with one attached hydrogen (secondary N) is 1. The van der Waals surface area contributed by atoms with Crippen molar-refractivity contribution in [3.8, 4) is 5.75 Å². The molecule has 33 heavy (non-hydrogen) atoms. The van der Waals surface area contributed by atoms with Crippen LogP contribution in [0.4, 0.5) is 10.1 Å². The molecule has 1 N–H and O–H groups in total. The van der Waals surface area contributed by atoms with Gasteiger partial charge in [-0.1, -0.05) is 82.6 Å². The highest BCUT2D eigenvalue weighted by molar-refractivity contribution is 6.30.